The molecule has 0 aliphatic rings. The minimum absolute atomic E-state index is 0.329. The molecule has 0 spiro atoms. The Morgan fingerprint density at radius 2 is 2.00 bits per heavy atom. The lowest BCUT2D eigenvalue weighted by molar-refractivity contribution is 0.401. The number of benzene rings is 1. The second kappa shape index (κ2) is 6.80. The number of aromatic nitrogens is 1. The Balaban J connectivity index is 2.04. The number of hydrogen-bond donors (Lipinski definition) is 1. The third kappa shape index (κ3) is 4.13. The van der Waals surface area contributed by atoms with E-state index in [1.165, 1.54) is 16.3 Å². The Morgan fingerprint density at radius 1 is 1.26 bits per heavy atom. The molecule has 0 amide bonds. The molecule has 0 aliphatic heterocycles. The van der Waals surface area contributed by atoms with E-state index < -0.39 is 0 Å². The molecule has 0 fully saturated rings. The van der Waals surface area contributed by atoms with Gasteiger partial charge in [0.25, 0.3) is 0 Å². The van der Waals surface area contributed by atoms with Crippen molar-refractivity contribution in [3.8, 4) is 0 Å². The summed E-state index contributed by atoms with van der Waals surface area (Å²) in [6.07, 6.45) is 0.935. The summed E-state index contributed by atoms with van der Waals surface area (Å²) in [4.78, 5) is 6.85. The SMILES string of the molecule is CNC(Cc1csc(CN(C)C)n1)c1ccccc1. The first-order valence-electron chi connectivity index (χ1n) is 6.49. The van der Waals surface area contributed by atoms with Gasteiger partial charge in [-0.25, -0.2) is 4.98 Å². The highest BCUT2D eigenvalue weighted by Crippen LogP contribution is 2.20. The molecule has 3 nitrogen and oxygen atoms in total. The molecule has 2 aromatic rings. The average Bonchev–Trinajstić information content (AvgIpc) is 2.83. The zero-order chi connectivity index (χ0) is 13.7. The lowest BCUT2D eigenvalue weighted by Gasteiger charge is -2.15. The lowest BCUT2D eigenvalue weighted by atomic mass is 10.0. The highest BCUT2D eigenvalue weighted by molar-refractivity contribution is 7.09. The van der Waals surface area contributed by atoms with Crippen molar-refractivity contribution in [1.29, 1.82) is 0 Å². The van der Waals surface area contributed by atoms with Crippen LogP contribution in [0, 0.1) is 0 Å². The number of likely N-dealkylation sites (N-methyl/N-ethyl adjacent to an activating group) is 1. The minimum Gasteiger partial charge on any atom is -0.313 e. The van der Waals surface area contributed by atoms with Gasteiger partial charge in [-0.15, -0.1) is 11.3 Å². The fourth-order valence-electron chi connectivity index (χ4n) is 2.07. The van der Waals surface area contributed by atoms with E-state index in [9.17, 15) is 0 Å². The van der Waals surface area contributed by atoms with E-state index in [0.29, 0.717) is 6.04 Å². The van der Waals surface area contributed by atoms with Crippen LogP contribution in [0.15, 0.2) is 35.7 Å². The van der Waals surface area contributed by atoms with Crippen molar-refractivity contribution in [3.05, 3.63) is 52.0 Å². The van der Waals surface area contributed by atoms with Crippen LogP contribution in [0.3, 0.4) is 0 Å². The highest BCUT2D eigenvalue weighted by Gasteiger charge is 2.12. The highest BCUT2D eigenvalue weighted by atomic mass is 32.1. The number of hydrogen-bond acceptors (Lipinski definition) is 4. The van der Waals surface area contributed by atoms with Crippen molar-refractivity contribution >= 4 is 11.3 Å². The fraction of sp³-hybridized carbons (Fsp3) is 0.400. The molecule has 4 heteroatoms. The predicted octanol–water partition coefficient (Wildman–Crippen LogP) is 2.71. The maximum Gasteiger partial charge on any atom is 0.107 e. The Bertz CT molecular complexity index is 493. The Morgan fingerprint density at radius 3 is 2.63 bits per heavy atom. The second-order valence-electron chi connectivity index (χ2n) is 4.93. The normalized spacial score (nSPS) is 12.8. The summed E-state index contributed by atoms with van der Waals surface area (Å²) in [5.41, 5.74) is 2.48. The van der Waals surface area contributed by atoms with E-state index >= 15 is 0 Å². The number of nitrogens with one attached hydrogen (secondary N) is 1. The predicted molar refractivity (Wildman–Crippen MR) is 81.5 cm³/mol. The smallest absolute Gasteiger partial charge is 0.107 e. The molecule has 0 saturated heterocycles. The van der Waals surface area contributed by atoms with Crippen LogP contribution in [0.2, 0.25) is 0 Å². The molecule has 102 valence electrons. The first-order chi connectivity index (χ1) is 9.19. The van der Waals surface area contributed by atoms with Crippen LogP contribution in [-0.4, -0.2) is 31.0 Å². The molecule has 0 bridgehead atoms. The molecule has 0 saturated carbocycles. The largest absolute Gasteiger partial charge is 0.313 e. The summed E-state index contributed by atoms with van der Waals surface area (Å²) >= 11 is 1.74. The van der Waals surface area contributed by atoms with E-state index in [0.717, 1.165) is 13.0 Å². The number of nitrogens with zero attached hydrogens (tertiary/aromatic N) is 2. The van der Waals surface area contributed by atoms with Crippen LogP contribution >= 0.6 is 11.3 Å². The molecule has 0 radical (unpaired) electrons. The maximum atomic E-state index is 4.70. The van der Waals surface area contributed by atoms with Crippen molar-refractivity contribution in [3.63, 3.8) is 0 Å². The van der Waals surface area contributed by atoms with Gasteiger partial charge in [0.1, 0.15) is 5.01 Å². The zero-order valence-corrected chi connectivity index (χ0v) is 12.6. The summed E-state index contributed by atoms with van der Waals surface area (Å²) in [7, 11) is 6.15. The van der Waals surface area contributed by atoms with Gasteiger partial charge in [0.2, 0.25) is 0 Å². The fourth-order valence-corrected chi connectivity index (χ4v) is 2.99. The second-order valence-corrected chi connectivity index (χ2v) is 5.87. The molecule has 1 N–H and O–H groups in total. The average molecular weight is 275 g/mol. The molecule has 1 atom stereocenters. The Labute approximate surface area is 119 Å². The van der Waals surface area contributed by atoms with Gasteiger partial charge < -0.3 is 10.2 Å². The van der Waals surface area contributed by atoms with E-state index in [2.05, 4.69) is 54.0 Å². The molecular formula is C15H21N3S. The van der Waals surface area contributed by atoms with Gasteiger partial charge in [-0.3, -0.25) is 0 Å². The molecule has 1 unspecified atom stereocenters. The van der Waals surface area contributed by atoms with Gasteiger partial charge in [-0.2, -0.15) is 0 Å². The van der Waals surface area contributed by atoms with Crippen molar-refractivity contribution in [2.45, 2.75) is 19.0 Å². The number of rotatable bonds is 6. The maximum absolute atomic E-state index is 4.70. The summed E-state index contributed by atoms with van der Waals surface area (Å²) in [6, 6.07) is 10.9. The minimum atomic E-state index is 0.329. The van der Waals surface area contributed by atoms with Crippen molar-refractivity contribution in [2.75, 3.05) is 21.1 Å². The quantitative estimate of drug-likeness (QED) is 0.878. The van der Waals surface area contributed by atoms with Gasteiger partial charge in [-0.1, -0.05) is 30.3 Å². The van der Waals surface area contributed by atoms with Gasteiger partial charge in [-0.05, 0) is 26.7 Å². The summed E-state index contributed by atoms with van der Waals surface area (Å²) in [6.45, 7) is 0.917. The molecular weight excluding hydrogens is 254 g/mol. The summed E-state index contributed by atoms with van der Waals surface area (Å²) in [5.74, 6) is 0. The van der Waals surface area contributed by atoms with E-state index in [1.807, 2.05) is 13.1 Å². The third-order valence-electron chi connectivity index (χ3n) is 3.01. The van der Waals surface area contributed by atoms with Gasteiger partial charge >= 0.3 is 0 Å². The van der Waals surface area contributed by atoms with Crippen LogP contribution in [0.5, 0.6) is 0 Å². The number of thiazole rings is 1. The van der Waals surface area contributed by atoms with Gasteiger partial charge in [0, 0.05) is 24.4 Å². The van der Waals surface area contributed by atoms with Gasteiger partial charge in [0.05, 0.1) is 5.69 Å². The lowest BCUT2D eigenvalue weighted by Crippen LogP contribution is -2.19. The molecule has 1 heterocycles. The molecule has 2 rings (SSSR count). The summed E-state index contributed by atoms with van der Waals surface area (Å²) in [5, 5.41) is 6.73. The van der Waals surface area contributed by atoms with E-state index in [1.54, 1.807) is 11.3 Å². The molecule has 1 aromatic heterocycles. The summed E-state index contributed by atoms with van der Waals surface area (Å²) < 4.78 is 0. The Hall–Kier alpha value is -1.23. The van der Waals surface area contributed by atoms with Crippen LogP contribution in [0.4, 0.5) is 0 Å². The van der Waals surface area contributed by atoms with E-state index in [-0.39, 0.29) is 0 Å². The van der Waals surface area contributed by atoms with Crippen LogP contribution in [0.1, 0.15) is 22.3 Å². The standard InChI is InChI=1S/C15H21N3S/c1-16-14(12-7-5-4-6-8-12)9-13-11-19-15(17-13)10-18(2)3/h4-8,11,14,16H,9-10H2,1-3H3. The van der Waals surface area contributed by atoms with E-state index in [4.69, 9.17) is 4.98 Å². The zero-order valence-electron chi connectivity index (χ0n) is 11.8. The molecule has 19 heavy (non-hydrogen) atoms. The van der Waals surface area contributed by atoms with Crippen molar-refractivity contribution in [2.24, 2.45) is 0 Å². The monoisotopic (exact) mass is 275 g/mol. The van der Waals surface area contributed by atoms with Crippen LogP contribution in [0.25, 0.3) is 0 Å². The topological polar surface area (TPSA) is 28.2 Å². The third-order valence-corrected chi connectivity index (χ3v) is 3.90. The first-order valence-corrected chi connectivity index (χ1v) is 7.37. The Kier molecular flexibility index (Phi) is 5.07. The van der Waals surface area contributed by atoms with Crippen molar-refractivity contribution in [1.82, 2.24) is 15.2 Å². The molecule has 1 aromatic carbocycles. The van der Waals surface area contributed by atoms with Crippen molar-refractivity contribution < 1.29 is 0 Å². The van der Waals surface area contributed by atoms with Crippen LogP contribution < -0.4 is 5.32 Å². The van der Waals surface area contributed by atoms with Gasteiger partial charge in [0.15, 0.2) is 0 Å². The van der Waals surface area contributed by atoms with Crippen LogP contribution in [-0.2, 0) is 13.0 Å². The first kappa shape index (κ1) is 14.2. The molecule has 0 aliphatic carbocycles.